The fourth-order valence-corrected chi connectivity index (χ4v) is 6.41. The molecular weight excluding hydrogens is 528 g/mol. The van der Waals surface area contributed by atoms with Crippen LogP contribution in [0.5, 0.6) is 0 Å². The summed E-state index contributed by atoms with van der Waals surface area (Å²) in [4.78, 5) is 0. The summed E-state index contributed by atoms with van der Waals surface area (Å²) in [6.45, 7) is 4.85. The van der Waals surface area contributed by atoms with Crippen LogP contribution in [-0.2, 0) is 4.74 Å². The Balaban J connectivity index is 3.31. The molecule has 0 saturated carbocycles. The van der Waals surface area contributed by atoms with E-state index in [0.717, 1.165) is 19.3 Å². The highest BCUT2D eigenvalue weighted by Crippen LogP contribution is 2.20. The van der Waals surface area contributed by atoms with Crippen molar-refractivity contribution in [3.63, 3.8) is 0 Å². The topological polar surface area (TPSA) is 49.7 Å². The summed E-state index contributed by atoms with van der Waals surface area (Å²) >= 11 is 0. The number of rotatable bonds is 38. The number of unbranched alkanes of at least 4 members (excludes halogenated alkanes) is 32. The maximum Gasteiger partial charge on any atom is 0.188 e. The minimum Gasteiger partial charge on any atom is -0.391 e. The van der Waals surface area contributed by atoms with Crippen molar-refractivity contribution in [2.75, 3.05) is 13.2 Å². The average Bonchev–Trinajstić information content (AvgIpc) is 3.02. The van der Waals surface area contributed by atoms with Crippen LogP contribution in [0.15, 0.2) is 0 Å². The van der Waals surface area contributed by atoms with Crippen LogP contribution in [0.2, 0.25) is 0 Å². The smallest absolute Gasteiger partial charge is 0.188 e. The molecule has 0 aliphatic heterocycles. The van der Waals surface area contributed by atoms with Gasteiger partial charge < -0.3 is 14.9 Å². The molecule has 1 unspecified atom stereocenters. The van der Waals surface area contributed by atoms with Crippen molar-refractivity contribution in [2.45, 2.75) is 244 Å². The minimum absolute atomic E-state index is 0.288. The molecule has 3 heteroatoms. The molecule has 0 bridgehead atoms. The van der Waals surface area contributed by atoms with Crippen molar-refractivity contribution in [1.29, 1.82) is 0 Å². The van der Waals surface area contributed by atoms with Gasteiger partial charge in [0, 0.05) is 6.42 Å². The van der Waals surface area contributed by atoms with Crippen molar-refractivity contribution in [3.05, 3.63) is 0 Å². The van der Waals surface area contributed by atoms with Crippen LogP contribution in [0, 0.1) is 0 Å². The van der Waals surface area contributed by atoms with Gasteiger partial charge in [0.1, 0.15) is 0 Å². The third-order valence-corrected chi connectivity index (χ3v) is 9.54. The van der Waals surface area contributed by atoms with Gasteiger partial charge in [0.05, 0.1) is 13.2 Å². The maximum absolute atomic E-state index is 10.6. The van der Waals surface area contributed by atoms with Gasteiger partial charge in [0.25, 0.3) is 0 Å². The summed E-state index contributed by atoms with van der Waals surface area (Å²) in [7, 11) is 0. The highest BCUT2D eigenvalue weighted by atomic mass is 16.6. The van der Waals surface area contributed by atoms with Crippen LogP contribution < -0.4 is 0 Å². The number of hydrogen-bond acceptors (Lipinski definition) is 3. The Bertz CT molecular complexity index is 496. The molecule has 0 amide bonds. The fourth-order valence-electron chi connectivity index (χ4n) is 6.41. The lowest BCUT2D eigenvalue weighted by Crippen LogP contribution is -2.37. The maximum atomic E-state index is 10.6. The molecule has 0 aromatic heterocycles. The number of ether oxygens (including phenoxy) is 1. The third kappa shape index (κ3) is 34.6. The van der Waals surface area contributed by atoms with E-state index in [4.69, 9.17) is 4.74 Å². The predicted molar refractivity (Wildman–Crippen MR) is 191 cm³/mol. The van der Waals surface area contributed by atoms with E-state index in [1.54, 1.807) is 0 Å². The molecule has 0 saturated heterocycles. The van der Waals surface area contributed by atoms with Crippen LogP contribution in [0.4, 0.5) is 0 Å². The van der Waals surface area contributed by atoms with Crippen molar-refractivity contribution in [1.82, 2.24) is 0 Å². The molecule has 3 nitrogen and oxygen atoms in total. The van der Waals surface area contributed by atoms with Gasteiger partial charge in [-0.1, -0.05) is 219 Å². The van der Waals surface area contributed by atoms with E-state index >= 15 is 0 Å². The molecule has 0 spiro atoms. The molecule has 43 heavy (non-hydrogen) atoms. The normalized spacial score (nSPS) is 13.1. The summed E-state index contributed by atoms with van der Waals surface area (Å²) in [5.74, 6) is -1.33. The van der Waals surface area contributed by atoms with Crippen molar-refractivity contribution in [2.24, 2.45) is 0 Å². The van der Waals surface area contributed by atoms with E-state index in [2.05, 4.69) is 13.8 Å². The van der Waals surface area contributed by atoms with Crippen molar-refractivity contribution >= 4 is 0 Å². The molecule has 1 atom stereocenters. The van der Waals surface area contributed by atoms with Gasteiger partial charge >= 0.3 is 0 Å². The lowest BCUT2D eigenvalue weighted by molar-refractivity contribution is -0.228. The molecule has 0 heterocycles. The van der Waals surface area contributed by atoms with E-state index in [1.807, 2.05) is 0 Å². The standard InChI is InChI=1S/C40H82O3/c1-3-5-7-9-11-13-15-16-17-18-19-20-21-22-23-24-25-26-28-30-32-34-36-38-43-40(42,39-41)37-35-33-31-29-27-14-12-10-8-6-4-2/h41-42H,3-39H2,1-2H3. The number of hydrogen-bond donors (Lipinski definition) is 2. The highest BCUT2D eigenvalue weighted by Gasteiger charge is 2.25. The first-order valence-corrected chi connectivity index (χ1v) is 20.2. The average molecular weight is 611 g/mol. The third-order valence-electron chi connectivity index (χ3n) is 9.54. The van der Waals surface area contributed by atoms with Crippen molar-refractivity contribution < 1.29 is 14.9 Å². The van der Waals surface area contributed by atoms with Gasteiger partial charge in [0.2, 0.25) is 0 Å². The van der Waals surface area contributed by atoms with Crippen LogP contribution in [0.3, 0.4) is 0 Å². The second-order valence-electron chi connectivity index (χ2n) is 14.0. The number of aliphatic hydroxyl groups is 2. The van der Waals surface area contributed by atoms with E-state index in [9.17, 15) is 10.2 Å². The summed E-state index contributed by atoms with van der Waals surface area (Å²) in [5, 5.41) is 20.2. The monoisotopic (exact) mass is 611 g/mol. The zero-order valence-corrected chi connectivity index (χ0v) is 30.0. The van der Waals surface area contributed by atoms with E-state index in [0.29, 0.717) is 13.0 Å². The molecule has 0 fully saturated rings. The Morgan fingerprint density at radius 2 is 0.581 bits per heavy atom. The quantitative estimate of drug-likeness (QED) is 0.0540. The molecule has 2 N–H and O–H groups in total. The van der Waals surface area contributed by atoms with Crippen LogP contribution in [-0.4, -0.2) is 29.2 Å². The molecular formula is C40H82O3. The lowest BCUT2D eigenvalue weighted by atomic mass is 10.0. The van der Waals surface area contributed by atoms with E-state index in [-0.39, 0.29) is 6.61 Å². The van der Waals surface area contributed by atoms with Crippen LogP contribution in [0.25, 0.3) is 0 Å². The second kappa shape index (κ2) is 36.3. The summed E-state index contributed by atoms with van der Waals surface area (Å²) in [6.07, 6.45) is 46.8. The summed E-state index contributed by atoms with van der Waals surface area (Å²) in [5.41, 5.74) is 0. The van der Waals surface area contributed by atoms with E-state index < -0.39 is 5.79 Å². The van der Waals surface area contributed by atoms with Gasteiger partial charge in [0.15, 0.2) is 5.79 Å². The molecule has 0 aliphatic carbocycles. The number of aliphatic hydroxyl groups excluding tert-OH is 1. The first-order valence-electron chi connectivity index (χ1n) is 20.2. The van der Waals surface area contributed by atoms with Crippen molar-refractivity contribution in [3.8, 4) is 0 Å². The molecule has 260 valence electrons. The molecule has 0 aromatic carbocycles. The summed E-state index contributed by atoms with van der Waals surface area (Å²) < 4.78 is 5.72. The highest BCUT2D eigenvalue weighted by molar-refractivity contribution is 4.66. The Morgan fingerprint density at radius 3 is 0.837 bits per heavy atom. The van der Waals surface area contributed by atoms with Gasteiger partial charge in [-0.2, -0.15) is 0 Å². The molecule has 0 radical (unpaired) electrons. The molecule has 0 rings (SSSR count). The first kappa shape index (κ1) is 42.9. The van der Waals surface area contributed by atoms with Crippen LogP contribution in [0.1, 0.15) is 239 Å². The van der Waals surface area contributed by atoms with Gasteiger partial charge in [-0.25, -0.2) is 0 Å². The van der Waals surface area contributed by atoms with Crippen LogP contribution >= 0.6 is 0 Å². The van der Waals surface area contributed by atoms with Gasteiger partial charge in [-0.15, -0.1) is 0 Å². The SMILES string of the molecule is CCCCCCCCCCCCCCCCCCCCCCCCCOC(O)(CO)CCCCCCCCCCCCC. The van der Waals surface area contributed by atoms with Gasteiger partial charge in [-0.3, -0.25) is 0 Å². The second-order valence-corrected chi connectivity index (χ2v) is 14.0. The molecule has 0 aromatic rings. The largest absolute Gasteiger partial charge is 0.391 e. The first-order chi connectivity index (χ1) is 21.2. The summed E-state index contributed by atoms with van der Waals surface area (Å²) in [6, 6.07) is 0. The van der Waals surface area contributed by atoms with Gasteiger partial charge in [-0.05, 0) is 12.8 Å². The Labute approximate surface area is 272 Å². The molecule has 0 aliphatic rings. The minimum atomic E-state index is -1.33. The zero-order valence-electron chi connectivity index (χ0n) is 30.0. The lowest BCUT2D eigenvalue weighted by Gasteiger charge is -2.26. The fraction of sp³-hybridized carbons (Fsp3) is 1.00. The predicted octanol–water partition coefficient (Wildman–Crippen LogP) is 13.4. The zero-order chi connectivity index (χ0) is 31.4. The Hall–Kier alpha value is -0.120. The Morgan fingerprint density at radius 1 is 0.349 bits per heavy atom. The Kier molecular flexibility index (Phi) is 36.2. The van der Waals surface area contributed by atoms with E-state index in [1.165, 1.54) is 199 Å².